The third-order valence-corrected chi connectivity index (χ3v) is 6.34. The second-order valence-corrected chi connectivity index (χ2v) is 8.91. The molecule has 0 saturated carbocycles. The number of carbonyl (C=O) groups excluding carboxylic acids is 1. The van der Waals surface area contributed by atoms with Gasteiger partial charge in [-0.25, -0.2) is 4.98 Å². The first-order valence-electron chi connectivity index (χ1n) is 11.1. The van der Waals surface area contributed by atoms with E-state index in [4.69, 9.17) is 9.72 Å². The van der Waals surface area contributed by atoms with Gasteiger partial charge in [-0.3, -0.25) is 9.78 Å². The van der Waals surface area contributed by atoms with Crippen molar-refractivity contribution in [3.05, 3.63) is 90.3 Å². The van der Waals surface area contributed by atoms with Crippen LogP contribution < -0.4 is 10.1 Å². The Labute approximate surface area is 209 Å². The molecule has 0 aliphatic rings. The molecule has 0 saturated heterocycles. The predicted molar refractivity (Wildman–Crippen MR) is 139 cm³/mol. The smallest absolute Gasteiger partial charge is 0.225 e. The van der Waals surface area contributed by atoms with Gasteiger partial charge in [-0.2, -0.15) is 5.26 Å². The summed E-state index contributed by atoms with van der Waals surface area (Å²) in [6.45, 7) is 2.03. The molecule has 0 aliphatic heterocycles. The summed E-state index contributed by atoms with van der Waals surface area (Å²) in [5, 5.41) is 13.5. The van der Waals surface area contributed by atoms with Crippen LogP contribution in [0.15, 0.2) is 84.1 Å². The zero-order valence-electron chi connectivity index (χ0n) is 19.5. The molecule has 174 valence electrons. The summed E-state index contributed by atoms with van der Waals surface area (Å²) in [5.74, 6) is 1.12. The van der Waals surface area contributed by atoms with Crippen LogP contribution in [0.5, 0.6) is 5.75 Å². The summed E-state index contributed by atoms with van der Waals surface area (Å²) >= 11 is 1.40. The second-order valence-electron chi connectivity index (χ2n) is 7.83. The van der Waals surface area contributed by atoms with Crippen molar-refractivity contribution >= 4 is 23.4 Å². The molecule has 35 heavy (non-hydrogen) atoms. The van der Waals surface area contributed by atoms with Crippen LogP contribution >= 0.6 is 11.8 Å². The number of benzene rings is 2. The van der Waals surface area contributed by atoms with Crippen molar-refractivity contribution in [1.29, 1.82) is 5.26 Å². The van der Waals surface area contributed by atoms with Crippen molar-refractivity contribution < 1.29 is 9.53 Å². The number of anilines is 1. The zero-order chi connectivity index (χ0) is 24.6. The van der Waals surface area contributed by atoms with E-state index in [9.17, 15) is 10.1 Å². The van der Waals surface area contributed by atoms with Gasteiger partial charge in [0, 0.05) is 29.5 Å². The molecule has 7 heteroatoms. The molecule has 0 fully saturated rings. The lowest BCUT2D eigenvalue weighted by Crippen LogP contribution is -2.12. The lowest BCUT2D eigenvalue weighted by Gasteiger charge is -2.13. The van der Waals surface area contributed by atoms with Gasteiger partial charge in [0.2, 0.25) is 5.91 Å². The van der Waals surface area contributed by atoms with Crippen LogP contribution in [0.1, 0.15) is 17.5 Å². The fourth-order valence-electron chi connectivity index (χ4n) is 3.51. The van der Waals surface area contributed by atoms with Gasteiger partial charge in [0.1, 0.15) is 16.8 Å². The number of aryl methyl sites for hydroxylation is 1. The van der Waals surface area contributed by atoms with Gasteiger partial charge in [-0.15, -0.1) is 11.8 Å². The number of ether oxygens (including phenoxy) is 1. The standard InChI is InChI=1S/C28H24N4O2S/c1-19-5-7-20(8-6-19)24-16-26(21-9-11-23(34-2)12-10-21)32-28(25(24)17-29)35-15-13-27(33)31-22-4-3-14-30-18-22/h3-12,14,16,18H,13,15H2,1-2H3,(H,31,33). The quantitative estimate of drug-likeness (QED) is 0.306. The third-order valence-electron chi connectivity index (χ3n) is 5.36. The first kappa shape index (κ1) is 24.0. The van der Waals surface area contributed by atoms with Crippen LogP contribution in [-0.4, -0.2) is 28.7 Å². The summed E-state index contributed by atoms with van der Waals surface area (Å²) < 4.78 is 5.28. The minimum atomic E-state index is -0.117. The Balaban J connectivity index is 1.63. The third kappa shape index (κ3) is 6.05. The molecule has 2 aromatic heterocycles. The van der Waals surface area contributed by atoms with E-state index in [1.54, 1.807) is 31.6 Å². The molecule has 2 heterocycles. The first-order valence-corrected chi connectivity index (χ1v) is 12.0. The highest BCUT2D eigenvalue weighted by atomic mass is 32.2. The molecule has 4 aromatic rings. The molecule has 0 spiro atoms. The zero-order valence-corrected chi connectivity index (χ0v) is 20.3. The maximum absolute atomic E-state index is 12.4. The number of carbonyl (C=O) groups is 1. The van der Waals surface area contributed by atoms with E-state index in [0.29, 0.717) is 22.0 Å². The van der Waals surface area contributed by atoms with Gasteiger partial charge in [0.05, 0.1) is 30.3 Å². The number of hydrogen-bond donors (Lipinski definition) is 1. The number of nitrogens with one attached hydrogen (secondary N) is 1. The Morgan fingerprint density at radius 3 is 2.49 bits per heavy atom. The minimum absolute atomic E-state index is 0.117. The number of amides is 1. The van der Waals surface area contributed by atoms with E-state index in [-0.39, 0.29) is 12.3 Å². The number of aromatic nitrogens is 2. The number of hydrogen-bond acceptors (Lipinski definition) is 6. The Kier molecular flexibility index (Phi) is 7.76. The van der Waals surface area contributed by atoms with Crippen LogP contribution in [-0.2, 0) is 4.79 Å². The molecular formula is C28H24N4O2S. The van der Waals surface area contributed by atoms with Crippen LogP contribution in [0.25, 0.3) is 22.4 Å². The molecule has 1 N–H and O–H groups in total. The number of nitriles is 1. The molecule has 6 nitrogen and oxygen atoms in total. The minimum Gasteiger partial charge on any atom is -0.497 e. The predicted octanol–water partition coefficient (Wildman–Crippen LogP) is 6.12. The monoisotopic (exact) mass is 480 g/mol. The summed E-state index contributed by atoms with van der Waals surface area (Å²) in [5.41, 5.74) is 5.73. The maximum atomic E-state index is 12.4. The van der Waals surface area contributed by atoms with Crippen molar-refractivity contribution in [2.45, 2.75) is 18.4 Å². The molecule has 0 bridgehead atoms. The molecule has 2 aromatic carbocycles. The number of pyridine rings is 2. The highest BCUT2D eigenvalue weighted by molar-refractivity contribution is 7.99. The SMILES string of the molecule is COc1ccc(-c2cc(-c3ccc(C)cc3)c(C#N)c(SCCC(=O)Nc3cccnc3)n2)cc1. The highest BCUT2D eigenvalue weighted by Gasteiger charge is 2.16. The number of methoxy groups -OCH3 is 1. The van der Waals surface area contributed by atoms with Crippen molar-refractivity contribution in [2.75, 3.05) is 18.2 Å². The highest BCUT2D eigenvalue weighted by Crippen LogP contribution is 2.35. The summed E-state index contributed by atoms with van der Waals surface area (Å²) in [6.07, 6.45) is 3.54. The van der Waals surface area contributed by atoms with Crippen LogP contribution in [0.2, 0.25) is 0 Å². The Bertz CT molecular complexity index is 1350. The molecule has 0 aliphatic carbocycles. The van der Waals surface area contributed by atoms with Crippen molar-refractivity contribution in [3.63, 3.8) is 0 Å². The Hall–Kier alpha value is -4.15. The van der Waals surface area contributed by atoms with Crippen molar-refractivity contribution in [3.8, 4) is 34.2 Å². The maximum Gasteiger partial charge on any atom is 0.225 e. The summed E-state index contributed by atoms with van der Waals surface area (Å²) in [6, 6.07) is 23.6. The van der Waals surface area contributed by atoms with Gasteiger partial charge < -0.3 is 10.1 Å². The van der Waals surface area contributed by atoms with Crippen LogP contribution in [0, 0.1) is 18.3 Å². The van der Waals surface area contributed by atoms with Crippen LogP contribution in [0.3, 0.4) is 0 Å². The van der Waals surface area contributed by atoms with Gasteiger partial charge >= 0.3 is 0 Å². The number of nitrogens with zero attached hydrogens (tertiary/aromatic N) is 3. The number of thioether (sulfide) groups is 1. The van der Waals surface area contributed by atoms with Crippen molar-refractivity contribution in [2.24, 2.45) is 0 Å². The van der Waals surface area contributed by atoms with Gasteiger partial charge in [0.25, 0.3) is 0 Å². The van der Waals surface area contributed by atoms with E-state index < -0.39 is 0 Å². The Morgan fingerprint density at radius 2 is 1.83 bits per heavy atom. The summed E-state index contributed by atoms with van der Waals surface area (Å²) in [7, 11) is 1.63. The van der Waals surface area contributed by atoms with E-state index in [0.717, 1.165) is 33.7 Å². The van der Waals surface area contributed by atoms with E-state index in [2.05, 4.69) is 16.4 Å². The molecule has 1 amide bonds. The molecular weight excluding hydrogens is 456 g/mol. The van der Waals surface area contributed by atoms with Gasteiger partial charge in [-0.1, -0.05) is 29.8 Å². The number of rotatable bonds is 8. The topological polar surface area (TPSA) is 87.9 Å². The van der Waals surface area contributed by atoms with Gasteiger partial charge in [-0.05, 0) is 55.0 Å². The average Bonchev–Trinajstić information content (AvgIpc) is 2.89. The molecule has 0 radical (unpaired) electrons. The fraction of sp³-hybridized carbons (Fsp3) is 0.143. The molecule has 4 rings (SSSR count). The Morgan fingerprint density at radius 1 is 1.09 bits per heavy atom. The van der Waals surface area contributed by atoms with Gasteiger partial charge in [0.15, 0.2) is 0 Å². The van der Waals surface area contributed by atoms with E-state index in [1.807, 2.05) is 61.5 Å². The average molecular weight is 481 g/mol. The second kappa shape index (κ2) is 11.3. The van der Waals surface area contributed by atoms with E-state index in [1.165, 1.54) is 11.8 Å². The lowest BCUT2D eigenvalue weighted by atomic mass is 9.98. The van der Waals surface area contributed by atoms with Crippen molar-refractivity contribution in [1.82, 2.24) is 9.97 Å². The summed E-state index contributed by atoms with van der Waals surface area (Å²) in [4.78, 5) is 21.2. The van der Waals surface area contributed by atoms with E-state index >= 15 is 0 Å². The molecule has 0 atom stereocenters. The normalized spacial score (nSPS) is 10.4. The fourth-order valence-corrected chi connectivity index (χ4v) is 4.45. The van der Waals surface area contributed by atoms with Crippen LogP contribution in [0.4, 0.5) is 5.69 Å². The largest absolute Gasteiger partial charge is 0.497 e. The molecule has 0 unspecified atom stereocenters. The first-order chi connectivity index (χ1) is 17.1. The lowest BCUT2D eigenvalue weighted by molar-refractivity contribution is -0.115.